The average Bonchev–Trinajstić information content (AvgIpc) is 2.28. The Kier molecular flexibility index (Phi) is 3.24. The molecule has 4 aliphatic rings. The Morgan fingerprint density at radius 1 is 1.00 bits per heavy atom. The smallest absolute Gasteiger partial charge is 0 e. The van der Waals surface area contributed by atoms with Gasteiger partial charge < -0.3 is 5.92 Å². The Morgan fingerprint density at radius 2 is 1.65 bits per heavy atom. The molecule has 0 spiro atoms. The molecule has 2 unspecified atom stereocenters. The molecule has 0 amide bonds. The van der Waals surface area contributed by atoms with Gasteiger partial charge in [0.1, 0.15) is 0 Å². The Labute approximate surface area is 129 Å². The average molecular weight is 300 g/mol. The van der Waals surface area contributed by atoms with Crippen molar-refractivity contribution in [2.24, 2.45) is 11.8 Å². The van der Waals surface area contributed by atoms with E-state index in [4.69, 9.17) is 0 Å². The molecule has 1 heteroatoms. The van der Waals surface area contributed by atoms with Gasteiger partial charge in [0.2, 0.25) is 0 Å². The second-order valence-corrected chi connectivity index (χ2v) is 6.36. The minimum absolute atomic E-state index is 0. The molecular weight excluding hydrogens is 281 g/mol. The van der Waals surface area contributed by atoms with E-state index in [-0.39, 0.29) is 32.7 Å². The fourth-order valence-electron chi connectivity index (χ4n) is 4.93. The minimum Gasteiger partial charge on any atom is -0.312 e. The molecule has 2 atom stereocenters. The van der Waals surface area contributed by atoms with Crippen LogP contribution in [0.3, 0.4) is 0 Å². The van der Waals surface area contributed by atoms with Gasteiger partial charge in [-0.3, -0.25) is 0 Å². The van der Waals surface area contributed by atoms with Crippen molar-refractivity contribution in [2.75, 3.05) is 0 Å². The maximum atomic E-state index is 2.37. The quantitative estimate of drug-likeness (QED) is 0.685. The first-order chi connectivity index (χ1) is 7.84. The maximum absolute atomic E-state index is 2.37. The standard InChI is InChI=1S/C16H19.Y/c1-2-4-15(5-3-1)16-9-12-6-13(10-16)8-14(7-12)11-16;/h1-5,12-13H,6-11H2;/q-1;. The third kappa shape index (κ3) is 1.96. The summed E-state index contributed by atoms with van der Waals surface area (Å²) >= 11 is 0. The van der Waals surface area contributed by atoms with Crippen LogP contribution in [0.25, 0.3) is 0 Å². The number of rotatable bonds is 1. The van der Waals surface area contributed by atoms with Crippen LogP contribution in [0.4, 0.5) is 0 Å². The Morgan fingerprint density at radius 3 is 2.24 bits per heavy atom. The first kappa shape index (κ1) is 12.4. The largest absolute Gasteiger partial charge is 0.312 e. The summed E-state index contributed by atoms with van der Waals surface area (Å²) in [5.41, 5.74) is 2.18. The summed E-state index contributed by atoms with van der Waals surface area (Å²) in [7, 11) is 0. The van der Waals surface area contributed by atoms with Crippen LogP contribution in [0.1, 0.15) is 44.1 Å². The van der Waals surface area contributed by atoms with Crippen LogP contribution < -0.4 is 0 Å². The third-order valence-corrected chi connectivity index (χ3v) is 5.15. The molecule has 0 nitrogen and oxygen atoms in total. The van der Waals surface area contributed by atoms with E-state index in [1.54, 1.807) is 5.56 Å². The van der Waals surface area contributed by atoms with E-state index in [2.05, 4.69) is 30.3 Å². The van der Waals surface area contributed by atoms with Gasteiger partial charge >= 0.3 is 0 Å². The fourth-order valence-corrected chi connectivity index (χ4v) is 4.93. The Hall–Kier alpha value is 0.324. The molecule has 0 aliphatic heterocycles. The first-order valence-corrected chi connectivity index (χ1v) is 6.73. The number of hydrogen-bond donors (Lipinski definition) is 0. The van der Waals surface area contributed by atoms with Crippen molar-refractivity contribution < 1.29 is 32.7 Å². The zero-order valence-corrected chi connectivity index (χ0v) is 13.2. The molecule has 0 aromatic heterocycles. The summed E-state index contributed by atoms with van der Waals surface area (Å²) in [6, 6.07) is 11.3. The third-order valence-electron chi connectivity index (χ3n) is 5.15. The van der Waals surface area contributed by atoms with Gasteiger partial charge in [0.15, 0.2) is 0 Å². The molecule has 4 saturated carbocycles. The van der Waals surface area contributed by atoms with Gasteiger partial charge in [-0.15, -0.1) is 0 Å². The summed E-state index contributed by atoms with van der Waals surface area (Å²) in [5, 5.41) is 0. The predicted molar refractivity (Wildman–Crippen MR) is 66.0 cm³/mol. The zero-order valence-electron chi connectivity index (χ0n) is 10.4. The van der Waals surface area contributed by atoms with E-state index < -0.39 is 0 Å². The van der Waals surface area contributed by atoms with Crippen LogP contribution in [-0.2, 0) is 38.1 Å². The molecule has 17 heavy (non-hydrogen) atoms. The minimum atomic E-state index is 0. The van der Waals surface area contributed by atoms with Crippen molar-refractivity contribution in [1.82, 2.24) is 0 Å². The summed E-state index contributed by atoms with van der Waals surface area (Å²) in [5.74, 6) is 3.94. The molecule has 0 N–H and O–H groups in total. The van der Waals surface area contributed by atoms with E-state index in [1.807, 2.05) is 5.92 Å². The van der Waals surface area contributed by atoms with Gasteiger partial charge in [-0.25, -0.2) is 0 Å². The topological polar surface area (TPSA) is 0 Å². The van der Waals surface area contributed by atoms with E-state index >= 15 is 0 Å². The van der Waals surface area contributed by atoms with Crippen molar-refractivity contribution in [2.45, 2.75) is 43.9 Å². The van der Waals surface area contributed by atoms with Crippen LogP contribution in [-0.4, -0.2) is 0 Å². The normalized spacial score (nSPS) is 39.1. The van der Waals surface area contributed by atoms with Crippen LogP contribution in [0.2, 0.25) is 0 Å². The molecule has 1 radical (unpaired) electrons. The molecular formula is C16H19Y-. The van der Waals surface area contributed by atoms with E-state index in [9.17, 15) is 0 Å². The van der Waals surface area contributed by atoms with Gasteiger partial charge in [-0.2, -0.15) is 19.3 Å². The Bertz CT molecular complexity index is 360. The molecule has 1 aromatic carbocycles. The second kappa shape index (κ2) is 4.46. The van der Waals surface area contributed by atoms with Crippen LogP contribution in [0, 0.1) is 17.8 Å². The van der Waals surface area contributed by atoms with Gasteiger partial charge in [0, 0.05) is 32.7 Å². The van der Waals surface area contributed by atoms with Crippen molar-refractivity contribution in [1.29, 1.82) is 0 Å². The Balaban J connectivity index is 0.000000902. The van der Waals surface area contributed by atoms with Crippen molar-refractivity contribution in [3.05, 3.63) is 41.8 Å². The van der Waals surface area contributed by atoms with E-state index in [0.29, 0.717) is 5.41 Å². The van der Waals surface area contributed by atoms with Crippen LogP contribution in [0.15, 0.2) is 30.3 Å². The maximum Gasteiger partial charge on any atom is 0 e. The molecule has 4 aliphatic carbocycles. The summed E-state index contributed by atoms with van der Waals surface area (Å²) < 4.78 is 0. The van der Waals surface area contributed by atoms with E-state index in [1.165, 1.54) is 38.5 Å². The SMILES string of the molecule is [Y].c1ccc(C23C[C-]4CC(CC(C4)C2)C3)cc1. The second-order valence-electron chi connectivity index (χ2n) is 6.36. The van der Waals surface area contributed by atoms with Gasteiger partial charge in [-0.05, 0) is 23.8 Å². The molecule has 5 rings (SSSR count). The molecule has 0 saturated heterocycles. The molecule has 0 heterocycles. The molecule has 1 aromatic rings. The monoisotopic (exact) mass is 300 g/mol. The fraction of sp³-hybridized carbons (Fsp3) is 0.562. The summed E-state index contributed by atoms with van der Waals surface area (Å²) in [6.07, 6.45) is 8.80. The van der Waals surface area contributed by atoms with Crippen LogP contribution >= 0.6 is 0 Å². The summed E-state index contributed by atoms with van der Waals surface area (Å²) in [4.78, 5) is 0. The predicted octanol–water partition coefficient (Wildman–Crippen LogP) is 4.11. The van der Waals surface area contributed by atoms with Crippen LogP contribution in [0.5, 0.6) is 0 Å². The first-order valence-electron chi connectivity index (χ1n) is 6.73. The molecule has 4 fully saturated rings. The number of hydrogen-bond acceptors (Lipinski definition) is 0. The van der Waals surface area contributed by atoms with Gasteiger partial charge in [0.05, 0.1) is 0 Å². The molecule has 87 valence electrons. The zero-order chi connectivity index (χ0) is 10.6. The van der Waals surface area contributed by atoms with Crippen molar-refractivity contribution in [3.63, 3.8) is 0 Å². The van der Waals surface area contributed by atoms with Gasteiger partial charge in [-0.1, -0.05) is 48.6 Å². The van der Waals surface area contributed by atoms with Crippen molar-refractivity contribution in [3.8, 4) is 0 Å². The summed E-state index contributed by atoms with van der Waals surface area (Å²) in [6.45, 7) is 0. The van der Waals surface area contributed by atoms with Gasteiger partial charge in [0.25, 0.3) is 0 Å². The van der Waals surface area contributed by atoms with Crippen molar-refractivity contribution >= 4 is 0 Å². The number of benzene rings is 1. The van der Waals surface area contributed by atoms with E-state index in [0.717, 1.165) is 11.8 Å². The molecule has 4 bridgehead atoms.